The van der Waals surface area contributed by atoms with Crippen molar-refractivity contribution in [2.45, 2.75) is 32.7 Å². The second-order valence-corrected chi connectivity index (χ2v) is 5.32. The SMILES string of the molecule is CCC1CC1NC(=O)c1ccc(C)cc1Br. The van der Waals surface area contributed by atoms with Gasteiger partial charge in [0.25, 0.3) is 5.91 Å². The van der Waals surface area contributed by atoms with Crippen molar-refractivity contribution < 1.29 is 4.79 Å². The van der Waals surface area contributed by atoms with Gasteiger partial charge in [-0.25, -0.2) is 0 Å². The normalized spacial score (nSPS) is 22.9. The molecule has 1 aliphatic rings. The molecule has 0 saturated heterocycles. The third-order valence-electron chi connectivity index (χ3n) is 3.13. The number of carbonyl (C=O) groups excluding carboxylic acids is 1. The molecule has 0 aromatic heterocycles. The van der Waals surface area contributed by atoms with Crippen LogP contribution in [-0.4, -0.2) is 11.9 Å². The molecule has 1 aliphatic carbocycles. The maximum atomic E-state index is 11.9. The summed E-state index contributed by atoms with van der Waals surface area (Å²) < 4.78 is 0.874. The van der Waals surface area contributed by atoms with Crippen molar-refractivity contribution in [3.05, 3.63) is 33.8 Å². The van der Waals surface area contributed by atoms with Crippen LogP contribution in [0.25, 0.3) is 0 Å². The number of rotatable bonds is 3. The van der Waals surface area contributed by atoms with E-state index in [1.807, 2.05) is 25.1 Å². The van der Waals surface area contributed by atoms with Gasteiger partial charge in [-0.1, -0.05) is 19.4 Å². The van der Waals surface area contributed by atoms with Crippen LogP contribution in [0.15, 0.2) is 22.7 Å². The summed E-state index contributed by atoms with van der Waals surface area (Å²) in [5.74, 6) is 0.723. The van der Waals surface area contributed by atoms with Crippen molar-refractivity contribution in [1.82, 2.24) is 5.32 Å². The van der Waals surface area contributed by atoms with Crippen LogP contribution in [0.1, 0.15) is 35.7 Å². The Labute approximate surface area is 105 Å². The van der Waals surface area contributed by atoms with Gasteiger partial charge in [0, 0.05) is 10.5 Å². The standard InChI is InChI=1S/C13H16BrNO/c1-3-9-7-12(9)15-13(16)10-5-4-8(2)6-11(10)14/h4-6,9,12H,3,7H2,1-2H3,(H,15,16). The lowest BCUT2D eigenvalue weighted by molar-refractivity contribution is 0.0948. The third-order valence-corrected chi connectivity index (χ3v) is 3.79. The molecule has 16 heavy (non-hydrogen) atoms. The lowest BCUT2D eigenvalue weighted by Crippen LogP contribution is -2.27. The predicted molar refractivity (Wildman–Crippen MR) is 68.5 cm³/mol. The number of amides is 1. The van der Waals surface area contributed by atoms with E-state index in [2.05, 4.69) is 28.2 Å². The van der Waals surface area contributed by atoms with Crippen LogP contribution in [0, 0.1) is 12.8 Å². The molecule has 1 fully saturated rings. The summed E-state index contributed by atoms with van der Waals surface area (Å²) in [6.07, 6.45) is 2.28. The fraction of sp³-hybridized carbons (Fsp3) is 0.462. The first-order valence-electron chi connectivity index (χ1n) is 5.69. The molecule has 0 radical (unpaired) electrons. The molecule has 2 nitrogen and oxygen atoms in total. The topological polar surface area (TPSA) is 29.1 Å². The van der Waals surface area contributed by atoms with Gasteiger partial charge in [-0.3, -0.25) is 4.79 Å². The molecule has 1 amide bonds. The molecular weight excluding hydrogens is 266 g/mol. The molecule has 0 heterocycles. The van der Waals surface area contributed by atoms with Crippen molar-refractivity contribution in [2.75, 3.05) is 0 Å². The summed E-state index contributed by atoms with van der Waals surface area (Å²) in [5, 5.41) is 3.06. The van der Waals surface area contributed by atoms with E-state index in [9.17, 15) is 4.79 Å². The van der Waals surface area contributed by atoms with E-state index < -0.39 is 0 Å². The van der Waals surface area contributed by atoms with Gasteiger partial charge in [0.2, 0.25) is 0 Å². The van der Waals surface area contributed by atoms with Crippen molar-refractivity contribution in [3.8, 4) is 0 Å². The Bertz CT molecular complexity index is 416. The minimum absolute atomic E-state index is 0.0350. The monoisotopic (exact) mass is 281 g/mol. The Morgan fingerprint density at radius 1 is 1.56 bits per heavy atom. The van der Waals surface area contributed by atoms with E-state index in [4.69, 9.17) is 0 Å². The lowest BCUT2D eigenvalue weighted by atomic mass is 10.1. The maximum absolute atomic E-state index is 11.9. The fourth-order valence-corrected chi connectivity index (χ4v) is 2.60. The molecule has 86 valence electrons. The van der Waals surface area contributed by atoms with Gasteiger partial charge in [-0.15, -0.1) is 0 Å². The second kappa shape index (κ2) is 4.58. The summed E-state index contributed by atoms with van der Waals surface area (Å²) in [4.78, 5) is 11.9. The minimum Gasteiger partial charge on any atom is -0.349 e. The van der Waals surface area contributed by atoms with Gasteiger partial charge >= 0.3 is 0 Å². The Hall–Kier alpha value is -0.830. The highest BCUT2D eigenvalue weighted by atomic mass is 79.9. The summed E-state index contributed by atoms with van der Waals surface area (Å²) >= 11 is 3.43. The summed E-state index contributed by atoms with van der Waals surface area (Å²) in [7, 11) is 0. The Morgan fingerprint density at radius 2 is 2.31 bits per heavy atom. The largest absolute Gasteiger partial charge is 0.349 e. The van der Waals surface area contributed by atoms with Crippen molar-refractivity contribution >= 4 is 21.8 Å². The number of benzene rings is 1. The highest BCUT2D eigenvalue weighted by Crippen LogP contribution is 2.33. The highest BCUT2D eigenvalue weighted by Gasteiger charge is 2.36. The molecule has 1 aromatic rings. The minimum atomic E-state index is 0.0350. The van der Waals surface area contributed by atoms with Crippen LogP contribution in [0.2, 0.25) is 0 Å². The van der Waals surface area contributed by atoms with Gasteiger partial charge in [0.1, 0.15) is 0 Å². The van der Waals surface area contributed by atoms with Gasteiger partial charge < -0.3 is 5.32 Å². The van der Waals surface area contributed by atoms with Crippen molar-refractivity contribution in [2.24, 2.45) is 5.92 Å². The Balaban J connectivity index is 2.04. The molecule has 0 spiro atoms. The van der Waals surface area contributed by atoms with E-state index in [0.717, 1.165) is 28.4 Å². The molecule has 2 unspecified atom stereocenters. The zero-order valence-corrected chi connectivity index (χ0v) is 11.2. The van der Waals surface area contributed by atoms with Gasteiger partial charge in [-0.05, 0) is 52.9 Å². The highest BCUT2D eigenvalue weighted by molar-refractivity contribution is 9.10. The Kier molecular flexibility index (Phi) is 3.33. The smallest absolute Gasteiger partial charge is 0.252 e. The first kappa shape index (κ1) is 11.6. The number of carbonyl (C=O) groups is 1. The van der Waals surface area contributed by atoms with Crippen LogP contribution in [0.3, 0.4) is 0 Å². The van der Waals surface area contributed by atoms with Crippen molar-refractivity contribution in [1.29, 1.82) is 0 Å². The van der Waals surface area contributed by atoms with E-state index in [1.165, 1.54) is 0 Å². The van der Waals surface area contributed by atoms with Crippen LogP contribution < -0.4 is 5.32 Å². The van der Waals surface area contributed by atoms with Crippen LogP contribution in [0.5, 0.6) is 0 Å². The van der Waals surface area contributed by atoms with E-state index in [-0.39, 0.29) is 5.91 Å². The Morgan fingerprint density at radius 3 is 2.88 bits per heavy atom. The van der Waals surface area contributed by atoms with Gasteiger partial charge in [0.05, 0.1) is 5.56 Å². The summed E-state index contributed by atoms with van der Waals surface area (Å²) in [5.41, 5.74) is 1.88. The zero-order chi connectivity index (χ0) is 11.7. The van der Waals surface area contributed by atoms with Crippen LogP contribution >= 0.6 is 15.9 Å². The molecular formula is C13H16BrNO. The molecule has 1 aromatic carbocycles. The number of hydrogen-bond acceptors (Lipinski definition) is 1. The van der Waals surface area contributed by atoms with Gasteiger partial charge in [0.15, 0.2) is 0 Å². The quantitative estimate of drug-likeness (QED) is 0.905. The third kappa shape index (κ3) is 2.46. The summed E-state index contributed by atoms with van der Waals surface area (Å²) in [6.45, 7) is 4.18. The van der Waals surface area contributed by atoms with Crippen LogP contribution in [-0.2, 0) is 0 Å². The van der Waals surface area contributed by atoms with Gasteiger partial charge in [-0.2, -0.15) is 0 Å². The first-order chi connectivity index (χ1) is 7.61. The average Bonchev–Trinajstić information content (AvgIpc) is 2.96. The first-order valence-corrected chi connectivity index (χ1v) is 6.48. The molecule has 1 N–H and O–H groups in total. The fourth-order valence-electron chi connectivity index (χ4n) is 1.93. The maximum Gasteiger partial charge on any atom is 0.252 e. The predicted octanol–water partition coefficient (Wildman–Crippen LogP) is 3.29. The number of hydrogen-bond donors (Lipinski definition) is 1. The number of aryl methyl sites for hydroxylation is 1. The van der Waals surface area contributed by atoms with E-state index in [0.29, 0.717) is 12.0 Å². The molecule has 0 bridgehead atoms. The zero-order valence-electron chi connectivity index (χ0n) is 9.59. The molecule has 0 aliphatic heterocycles. The molecule has 1 saturated carbocycles. The van der Waals surface area contributed by atoms with E-state index >= 15 is 0 Å². The lowest BCUT2D eigenvalue weighted by Gasteiger charge is -2.06. The summed E-state index contributed by atoms with van der Waals surface area (Å²) in [6, 6.07) is 6.20. The van der Waals surface area contributed by atoms with Crippen molar-refractivity contribution in [3.63, 3.8) is 0 Å². The molecule has 2 atom stereocenters. The number of nitrogens with one attached hydrogen (secondary N) is 1. The second-order valence-electron chi connectivity index (χ2n) is 4.47. The van der Waals surface area contributed by atoms with Crippen LogP contribution in [0.4, 0.5) is 0 Å². The average molecular weight is 282 g/mol. The number of halogens is 1. The molecule has 2 rings (SSSR count). The van der Waals surface area contributed by atoms with E-state index in [1.54, 1.807) is 0 Å². The molecule has 3 heteroatoms.